The van der Waals surface area contributed by atoms with Crippen LogP contribution < -0.4 is 0 Å². The molecule has 1 atom stereocenters. The van der Waals surface area contributed by atoms with Crippen LogP contribution in [-0.4, -0.2) is 35.0 Å². The molecule has 0 saturated heterocycles. The van der Waals surface area contributed by atoms with E-state index in [-0.39, 0.29) is 12.4 Å². The highest BCUT2D eigenvalue weighted by molar-refractivity contribution is 7.98. The minimum atomic E-state index is -1.55. The SMILES string of the molecule is CCOC(=O)CCc1cc(C(O)C(=O)O)ccc1SC. The maximum absolute atomic E-state index is 11.4. The third-order valence-electron chi connectivity index (χ3n) is 2.76. The van der Waals surface area contributed by atoms with Crippen molar-refractivity contribution in [3.05, 3.63) is 29.3 Å². The monoisotopic (exact) mass is 298 g/mol. The Morgan fingerprint density at radius 2 is 2.10 bits per heavy atom. The molecule has 1 aromatic rings. The van der Waals surface area contributed by atoms with Crippen molar-refractivity contribution in [2.24, 2.45) is 0 Å². The van der Waals surface area contributed by atoms with E-state index in [1.54, 1.807) is 25.1 Å². The van der Waals surface area contributed by atoms with E-state index in [0.717, 1.165) is 10.5 Å². The van der Waals surface area contributed by atoms with Gasteiger partial charge < -0.3 is 14.9 Å². The van der Waals surface area contributed by atoms with Crippen molar-refractivity contribution in [2.75, 3.05) is 12.9 Å². The number of carbonyl (C=O) groups excluding carboxylic acids is 1. The zero-order valence-corrected chi connectivity index (χ0v) is 12.3. The molecule has 0 aliphatic heterocycles. The summed E-state index contributed by atoms with van der Waals surface area (Å²) in [5.74, 6) is -1.58. The van der Waals surface area contributed by atoms with Gasteiger partial charge in [0.25, 0.3) is 0 Å². The van der Waals surface area contributed by atoms with E-state index in [1.807, 2.05) is 6.26 Å². The summed E-state index contributed by atoms with van der Waals surface area (Å²) in [7, 11) is 0. The number of carboxylic acid groups (broad SMARTS) is 1. The number of benzene rings is 1. The quantitative estimate of drug-likeness (QED) is 0.592. The van der Waals surface area contributed by atoms with Gasteiger partial charge in [-0.2, -0.15) is 0 Å². The Balaban J connectivity index is 2.89. The van der Waals surface area contributed by atoms with Crippen molar-refractivity contribution >= 4 is 23.7 Å². The molecule has 0 aliphatic rings. The van der Waals surface area contributed by atoms with E-state index in [9.17, 15) is 14.7 Å². The van der Waals surface area contributed by atoms with Crippen LogP contribution in [0.1, 0.15) is 30.6 Å². The first-order chi connectivity index (χ1) is 9.49. The van der Waals surface area contributed by atoms with Crippen LogP contribution in [0.15, 0.2) is 23.1 Å². The molecule has 1 rings (SSSR count). The predicted octanol–water partition coefficient (Wildman–Crippen LogP) is 2.02. The first-order valence-corrected chi connectivity index (χ1v) is 7.45. The maximum atomic E-state index is 11.4. The fourth-order valence-corrected chi connectivity index (χ4v) is 2.40. The lowest BCUT2D eigenvalue weighted by Gasteiger charge is -2.12. The Hall–Kier alpha value is -1.53. The van der Waals surface area contributed by atoms with Gasteiger partial charge in [-0.15, -0.1) is 11.8 Å². The predicted molar refractivity (Wildman–Crippen MR) is 75.8 cm³/mol. The summed E-state index contributed by atoms with van der Waals surface area (Å²) in [6, 6.07) is 4.97. The summed E-state index contributed by atoms with van der Waals surface area (Å²) < 4.78 is 4.86. The van der Waals surface area contributed by atoms with Crippen LogP contribution in [0, 0.1) is 0 Å². The van der Waals surface area contributed by atoms with Crippen molar-refractivity contribution < 1.29 is 24.5 Å². The Labute approximate surface area is 121 Å². The van der Waals surface area contributed by atoms with E-state index in [1.165, 1.54) is 11.8 Å². The smallest absolute Gasteiger partial charge is 0.337 e. The number of ether oxygens (including phenoxy) is 1. The minimum Gasteiger partial charge on any atom is -0.479 e. The molecule has 0 radical (unpaired) electrons. The molecule has 5 nitrogen and oxygen atoms in total. The number of carboxylic acids is 1. The lowest BCUT2D eigenvalue weighted by atomic mass is 10.0. The third kappa shape index (κ3) is 4.54. The number of aliphatic hydroxyl groups excluding tert-OH is 1. The lowest BCUT2D eigenvalue weighted by molar-refractivity contribution is -0.147. The number of aliphatic carboxylic acids is 1. The molecule has 6 heteroatoms. The summed E-state index contributed by atoms with van der Waals surface area (Å²) in [5, 5.41) is 18.4. The third-order valence-corrected chi connectivity index (χ3v) is 3.60. The van der Waals surface area contributed by atoms with E-state index in [4.69, 9.17) is 9.84 Å². The van der Waals surface area contributed by atoms with Crippen molar-refractivity contribution in [3.63, 3.8) is 0 Å². The van der Waals surface area contributed by atoms with Crippen molar-refractivity contribution in [2.45, 2.75) is 30.8 Å². The average molecular weight is 298 g/mol. The van der Waals surface area contributed by atoms with Crippen LogP contribution in [0.25, 0.3) is 0 Å². The largest absolute Gasteiger partial charge is 0.479 e. The van der Waals surface area contributed by atoms with Gasteiger partial charge in [0.15, 0.2) is 6.10 Å². The first-order valence-electron chi connectivity index (χ1n) is 6.22. The maximum Gasteiger partial charge on any atom is 0.337 e. The molecule has 20 heavy (non-hydrogen) atoms. The van der Waals surface area contributed by atoms with Gasteiger partial charge in [0.05, 0.1) is 6.61 Å². The molecule has 0 saturated carbocycles. The van der Waals surface area contributed by atoms with Crippen molar-refractivity contribution in [1.29, 1.82) is 0 Å². The van der Waals surface area contributed by atoms with Crippen LogP contribution in [0.5, 0.6) is 0 Å². The number of carbonyl (C=O) groups is 2. The number of hydrogen-bond donors (Lipinski definition) is 2. The fraction of sp³-hybridized carbons (Fsp3) is 0.429. The first kappa shape index (κ1) is 16.5. The summed E-state index contributed by atoms with van der Waals surface area (Å²) in [4.78, 5) is 23.1. The highest BCUT2D eigenvalue weighted by atomic mass is 32.2. The molecule has 0 spiro atoms. The van der Waals surface area contributed by atoms with E-state index < -0.39 is 12.1 Å². The number of esters is 1. The molecule has 0 heterocycles. The number of rotatable bonds is 7. The van der Waals surface area contributed by atoms with Crippen LogP contribution >= 0.6 is 11.8 Å². The Bertz CT molecular complexity index is 486. The second kappa shape index (κ2) is 7.91. The van der Waals surface area contributed by atoms with Crippen LogP contribution in [0.3, 0.4) is 0 Å². The van der Waals surface area contributed by atoms with Gasteiger partial charge in [-0.1, -0.05) is 12.1 Å². The fourth-order valence-electron chi connectivity index (χ4n) is 1.78. The lowest BCUT2D eigenvalue weighted by Crippen LogP contribution is -2.11. The second-order valence-corrected chi connectivity index (χ2v) is 4.97. The zero-order chi connectivity index (χ0) is 15.1. The molecule has 1 aromatic carbocycles. The molecule has 0 amide bonds. The molecule has 0 fully saturated rings. The number of thioether (sulfide) groups is 1. The molecule has 2 N–H and O–H groups in total. The topological polar surface area (TPSA) is 83.8 Å². The highest BCUT2D eigenvalue weighted by Gasteiger charge is 2.17. The van der Waals surface area contributed by atoms with Crippen molar-refractivity contribution in [1.82, 2.24) is 0 Å². The van der Waals surface area contributed by atoms with E-state index in [2.05, 4.69) is 0 Å². The van der Waals surface area contributed by atoms with Gasteiger partial charge in [0.1, 0.15) is 0 Å². The van der Waals surface area contributed by atoms with Crippen molar-refractivity contribution in [3.8, 4) is 0 Å². The number of aryl methyl sites for hydroxylation is 1. The molecule has 0 aromatic heterocycles. The van der Waals surface area contributed by atoms with Gasteiger partial charge in [0.2, 0.25) is 0 Å². The Kier molecular flexibility index (Phi) is 6.54. The Morgan fingerprint density at radius 1 is 1.40 bits per heavy atom. The minimum absolute atomic E-state index is 0.230. The van der Waals surface area contributed by atoms with Gasteiger partial charge in [0, 0.05) is 11.3 Å². The zero-order valence-electron chi connectivity index (χ0n) is 11.5. The molecule has 110 valence electrons. The highest BCUT2D eigenvalue weighted by Crippen LogP contribution is 2.25. The van der Waals surface area contributed by atoms with Gasteiger partial charge in [-0.3, -0.25) is 4.79 Å². The molecule has 0 aliphatic carbocycles. The molecular formula is C14H18O5S. The van der Waals surface area contributed by atoms with Crippen LogP contribution in [-0.2, 0) is 20.7 Å². The van der Waals surface area contributed by atoms with Crippen LogP contribution in [0.4, 0.5) is 0 Å². The summed E-state index contributed by atoms with van der Waals surface area (Å²) in [6.07, 6.45) is 1.03. The van der Waals surface area contributed by atoms with Gasteiger partial charge in [-0.25, -0.2) is 4.79 Å². The summed E-state index contributed by atoms with van der Waals surface area (Å²) in [5.41, 5.74) is 1.15. The number of aliphatic hydroxyl groups is 1. The molecular weight excluding hydrogens is 280 g/mol. The van der Waals surface area contributed by atoms with Gasteiger partial charge >= 0.3 is 11.9 Å². The van der Waals surface area contributed by atoms with Crippen LogP contribution in [0.2, 0.25) is 0 Å². The normalized spacial score (nSPS) is 11.9. The number of hydrogen-bond acceptors (Lipinski definition) is 5. The van der Waals surface area contributed by atoms with E-state index in [0.29, 0.717) is 18.6 Å². The summed E-state index contributed by atoms with van der Waals surface area (Å²) in [6.45, 7) is 2.08. The molecule has 0 bridgehead atoms. The second-order valence-electron chi connectivity index (χ2n) is 4.12. The molecule has 1 unspecified atom stereocenters. The van der Waals surface area contributed by atoms with E-state index >= 15 is 0 Å². The van der Waals surface area contributed by atoms with Gasteiger partial charge in [-0.05, 0) is 36.8 Å². The summed E-state index contributed by atoms with van der Waals surface area (Å²) >= 11 is 1.51. The Morgan fingerprint density at radius 3 is 2.65 bits per heavy atom. The average Bonchev–Trinajstić information content (AvgIpc) is 2.44. The standard InChI is InChI=1S/C14H18O5S/c1-3-19-12(15)7-5-9-8-10(13(16)14(17)18)4-6-11(9)20-2/h4,6,8,13,16H,3,5,7H2,1-2H3,(H,17,18).